The molecule has 0 spiro atoms. The molecule has 36 valence electrons. The van der Waals surface area contributed by atoms with E-state index in [0.717, 1.165) is 6.08 Å². The Balaban J connectivity index is 0. The van der Waals surface area contributed by atoms with Crippen LogP contribution >= 0.6 is 0 Å². The maximum atomic E-state index is 9.51. The van der Waals surface area contributed by atoms with Crippen LogP contribution in [0, 0.1) is 0 Å². The van der Waals surface area contributed by atoms with Crippen LogP contribution in [0.3, 0.4) is 0 Å². The monoisotopic (exact) mass is 288 g/mol. The van der Waals surface area contributed by atoms with Crippen LogP contribution in [0.1, 0.15) is 6.92 Å². The molecule has 0 unspecified atom stereocenters. The number of carbonyl (C=O) groups is 1. The molecule has 0 bridgehead atoms. The SMILES string of the molecule is CC=CC(=O)O.[Hg]. The Morgan fingerprint density at radius 2 is 2.14 bits per heavy atom. The van der Waals surface area contributed by atoms with Gasteiger partial charge in [0.05, 0.1) is 0 Å². The van der Waals surface area contributed by atoms with Crippen LogP contribution in [0.25, 0.3) is 0 Å². The average molecular weight is 287 g/mol. The van der Waals surface area contributed by atoms with Gasteiger partial charge >= 0.3 is 5.97 Å². The number of hydrogen-bond donors (Lipinski definition) is 1. The predicted molar refractivity (Wildman–Crippen MR) is 22.4 cm³/mol. The van der Waals surface area contributed by atoms with Crippen LogP contribution in [0.15, 0.2) is 12.2 Å². The molecule has 0 heterocycles. The number of hydrogen-bond acceptors (Lipinski definition) is 1. The molecule has 0 atom stereocenters. The van der Waals surface area contributed by atoms with E-state index in [9.17, 15) is 4.79 Å². The van der Waals surface area contributed by atoms with Gasteiger partial charge in [0.15, 0.2) is 0 Å². The van der Waals surface area contributed by atoms with Crippen LogP contribution in [0.2, 0.25) is 0 Å². The zero-order chi connectivity index (χ0) is 4.99. The molecular weight excluding hydrogens is 281 g/mol. The van der Waals surface area contributed by atoms with Gasteiger partial charge in [0, 0.05) is 33.7 Å². The van der Waals surface area contributed by atoms with Gasteiger partial charge < -0.3 is 5.11 Å². The summed E-state index contributed by atoms with van der Waals surface area (Å²) in [5, 5.41) is 7.83. The van der Waals surface area contributed by atoms with Crippen LogP contribution in [-0.2, 0) is 32.5 Å². The molecule has 0 aromatic carbocycles. The van der Waals surface area contributed by atoms with Crippen molar-refractivity contribution in [2.45, 2.75) is 6.92 Å². The van der Waals surface area contributed by atoms with Crippen LogP contribution in [0.5, 0.6) is 0 Å². The molecule has 0 saturated heterocycles. The standard InChI is InChI=1S/C4H6O2.Hg/c1-2-3-4(5)6;/h2-3H,1H3,(H,5,6);. The Kier molecular flexibility index (Phi) is 8.95. The summed E-state index contributed by atoms with van der Waals surface area (Å²) in [6.07, 6.45) is 2.56. The molecule has 7 heavy (non-hydrogen) atoms. The predicted octanol–water partition coefficient (Wildman–Crippen LogP) is 0.645. The molecule has 0 aliphatic heterocycles. The number of carboxylic acid groups (broad SMARTS) is 1. The summed E-state index contributed by atoms with van der Waals surface area (Å²) in [5.41, 5.74) is 0. The molecule has 0 aliphatic rings. The number of aliphatic carboxylic acids is 1. The van der Waals surface area contributed by atoms with Gasteiger partial charge in [0.1, 0.15) is 0 Å². The third-order valence-corrected chi connectivity index (χ3v) is 0.309. The van der Waals surface area contributed by atoms with Gasteiger partial charge in [-0.25, -0.2) is 4.79 Å². The zero-order valence-corrected chi connectivity index (χ0v) is 9.71. The van der Waals surface area contributed by atoms with Crippen molar-refractivity contribution in [1.82, 2.24) is 0 Å². The molecule has 0 aromatic rings. The molecule has 0 fully saturated rings. The van der Waals surface area contributed by atoms with E-state index >= 15 is 0 Å². The first-order chi connectivity index (χ1) is 2.77. The number of carboxylic acids is 1. The van der Waals surface area contributed by atoms with Gasteiger partial charge in [-0.3, -0.25) is 0 Å². The maximum Gasteiger partial charge on any atom is 0.327 e. The summed E-state index contributed by atoms with van der Waals surface area (Å²) >= 11 is 0. The second-order valence-electron chi connectivity index (χ2n) is 0.838. The van der Waals surface area contributed by atoms with E-state index in [4.69, 9.17) is 5.11 Å². The van der Waals surface area contributed by atoms with E-state index in [1.807, 2.05) is 0 Å². The molecule has 0 rings (SSSR count). The first-order valence-electron chi connectivity index (χ1n) is 1.63. The summed E-state index contributed by atoms with van der Waals surface area (Å²) in [6, 6.07) is 0. The van der Waals surface area contributed by atoms with Crippen LogP contribution in [-0.4, -0.2) is 11.1 Å². The van der Waals surface area contributed by atoms with E-state index in [-0.39, 0.29) is 27.7 Å². The summed E-state index contributed by atoms with van der Waals surface area (Å²) in [6.45, 7) is 1.66. The summed E-state index contributed by atoms with van der Waals surface area (Å²) in [7, 11) is 0. The molecule has 0 aromatic heterocycles. The first kappa shape index (κ1) is 10.2. The fourth-order valence-electron chi connectivity index (χ4n) is 0.143. The Labute approximate surface area is 62.7 Å². The van der Waals surface area contributed by atoms with Crippen LogP contribution < -0.4 is 0 Å². The minimum absolute atomic E-state index is 0. The molecular formula is C4H6HgO2. The Morgan fingerprint density at radius 3 is 2.14 bits per heavy atom. The van der Waals surface area contributed by atoms with Crippen molar-refractivity contribution in [1.29, 1.82) is 0 Å². The van der Waals surface area contributed by atoms with Crippen molar-refractivity contribution in [2.75, 3.05) is 0 Å². The molecule has 0 aliphatic carbocycles. The number of rotatable bonds is 1. The van der Waals surface area contributed by atoms with Crippen molar-refractivity contribution < 1.29 is 37.6 Å². The van der Waals surface area contributed by atoms with Crippen molar-refractivity contribution in [2.24, 2.45) is 0 Å². The summed E-state index contributed by atoms with van der Waals surface area (Å²) < 4.78 is 0. The number of allylic oxidation sites excluding steroid dienone is 1. The third kappa shape index (κ3) is 10.7. The fourth-order valence-corrected chi connectivity index (χ4v) is 0.143. The van der Waals surface area contributed by atoms with Crippen molar-refractivity contribution in [3.05, 3.63) is 12.2 Å². The van der Waals surface area contributed by atoms with E-state index < -0.39 is 5.97 Å². The normalized spacial score (nSPS) is 8.14. The third-order valence-electron chi connectivity index (χ3n) is 0.309. The second kappa shape index (κ2) is 6.15. The van der Waals surface area contributed by atoms with Crippen molar-refractivity contribution in [3.63, 3.8) is 0 Å². The minimum Gasteiger partial charge on any atom is -0.478 e. The molecule has 1 N–H and O–H groups in total. The van der Waals surface area contributed by atoms with Gasteiger partial charge in [-0.05, 0) is 6.92 Å². The van der Waals surface area contributed by atoms with E-state index in [2.05, 4.69) is 0 Å². The first-order valence-corrected chi connectivity index (χ1v) is 1.63. The topological polar surface area (TPSA) is 37.3 Å². The minimum atomic E-state index is -0.891. The van der Waals surface area contributed by atoms with E-state index in [1.54, 1.807) is 6.92 Å². The van der Waals surface area contributed by atoms with Gasteiger partial charge in [-0.2, -0.15) is 0 Å². The molecule has 0 saturated carbocycles. The van der Waals surface area contributed by atoms with E-state index in [1.165, 1.54) is 6.08 Å². The zero-order valence-electron chi connectivity index (χ0n) is 4.22. The van der Waals surface area contributed by atoms with E-state index in [0.29, 0.717) is 0 Å². The molecule has 2 nitrogen and oxygen atoms in total. The molecule has 0 radical (unpaired) electrons. The largest absolute Gasteiger partial charge is 0.478 e. The maximum absolute atomic E-state index is 9.51. The molecule has 3 heteroatoms. The Hall–Kier alpha value is 0.145. The second-order valence-corrected chi connectivity index (χ2v) is 0.838. The van der Waals surface area contributed by atoms with Gasteiger partial charge in [0.2, 0.25) is 0 Å². The summed E-state index contributed by atoms with van der Waals surface area (Å²) in [4.78, 5) is 9.51. The van der Waals surface area contributed by atoms with Gasteiger partial charge in [0.25, 0.3) is 0 Å². The van der Waals surface area contributed by atoms with Gasteiger partial charge in [-0.15, -0.1) is 0 Å². The van der Waals surface area contributed by atoms with Crippen molar-refractivity contribution >= 4 is 5.97 Å². The average Bonchev–Trinajstić information content (AvgIpc) is 1.35. The Bertz CT molecular complexity index is 77.8. The Morgan fingerprint density at radius 1 is 1.71 bits per heavy atom. The fraction of sp³-hybridized carbons (Fsp3) is 0.250. The van der Waals surface area contributed by atoms with Crippen molar-refractivity contribution in [3.8, 4) is 0 Å². The van der Waals surface area contributed by atoms with Crippen LogP contribution in [0.4, 0.5) is 0 Å². The quantitative estimate of drug-likeness (QED) is 0.567. The smallest absolute Gasteiger partial charge is 0.327 e. The summed E-state index contributed by atoms with van der Waals surface area (Å²) in [5.74, 6) is -0.891. The molecule has 0 amide bonds. The van der Waals surface area contributed by atoms with Gasteiger partial charge in [-0.1, -0.05) is 6.08 Å².